The Bertz CT molecular complexity index is 281. The van der Waals surface area contributed by atoms with E-state index in [-0.39, 0.29) is 5.78 Å². The molecule has 3 nitrogen and oxygen atoms in total. The van der Waals surface area contributed by atoms with Crippen molar-refractivity contribution in [1.82, 2.24) is 10.2 Å². The molecule has 0 aromatic carbocycles. The Morgan fingerprint density at radius 1 is 1.67 bits per heavy atom. The van der Waals surface area contributed by atoms with Crippen molar-refractivity contribution in [1.29, 1.82) is 0 Å². The Morgan fingerprint density at radius 3 is 2.93 bits per heavy atom. The third kappa shape index (κ3) is 3.20. The normalized spacial score (nSPS) is 18.1. The Kier molecular flexibility index (Phi) is 4.56. The molecule has 0 atom stereocenters. The van der Waals surface area contributed by atoms with E-state index in [1.165, 1.54) is 0 Å². The van der Waals surface area contributed by atoms with Crippen molar-refractivity contribution in [2.45, 2.75) is 26.7 Å². The van der Waals surface area contributed by atoms with Gasteiger partial charge in [0, 0.05) is 32.3 Å². The standard InChI is InChI=1S/C12H20N2O/c1-4-5-6-12(11(3)15)14-8-7-13-9-10(14)2/h6,13H,2,4-5,7-9H2,1,3H3/b12-6-. The average molecular weight is 208 g/mol. The van der Waals surface area contributed by atoms with Crippen LogP contribution in [0.1, 0.15) is 26.7 Å². The highest BCUT2D eigenvalue weighted by molar-refractivity contribution is 5.92. The summed E-state index contributed by atoms with van der Waals surface area (Å²) in [5.41, 5.74) is 1.79. The van der Waals surface area contributed by atoms with Crippen LogP contribution in [0.5, 0.6) is 0 Å². The number of carbonyl (C=O) groups excluding carboxylic acids is 1. The van der Waals surface area contributed by atoms with Gasteiger partial charge in [-0.2, -0.15) is 0 Å². The first kappa shape index (κ1) is 12.0. The van der Waals surface area contributed by atoms with E-state index in [1.54, 1.807) is 6.92 Å². The highest BCUT2D eigenvalue weighted by Crippen LogP contribution is 2.15. The Balaban J connectivity index is 2.78. The van der Waals surface area contributed by atoms with E-state index < -0.39 is 0 Å². The number of allylic oxidation sites excluding steroid dienone is 2. The van der Waals surface area contributed by atoms with Gasteiger partial charge in [-0.15, -0.1) is 0 Å². The highest BCUT2D eigenvalue weighted by atomic mass is 16.1. The molecule has 1 aliphatic rings. The van der Waals surface area contributed by atoms with Gasteiger partial charge in [0.1, 0.15) is 0 Å². The molecule has 3 heteroatoms. The van der Waals surface area contributed by atoms with Crippen LogP contribution in [0.3, 0.4) is 0 Å². The molecule has 1 fully saturated rings. The number of piperazine rings is 1. The maximum absolute atomic E-state index is 11.5. The predicted octanol–water partition coefficient (Wildman–Crippen LogP) is 1.68. The lowest BCUT2D eigenvalue weighted by Gasteiger charge is -2.32. The number of ketones is 1. The molecule has 15 heavy (non-hydrogen) atoms. The molecule has 0 aromatic heterocycles. The van der Waals surface area contributed by atoms with Gasteiger partial charge in [0.25, 0.3) is 0 Å². The number of carbonyl (C=O) groups is 1. The zero-order valence-corrected chi connectivity index (χ0v) is 9.68. The van der Waals surface area contributed by atoms with Crippen molar-refractivity contribution in [3.8, 4) is 0 Å². The van der Waals surface area contributed by atoms with Crippen molar-refractivity contribution in [2.24, 2.45) is 0 Å². The summed E-state index contributed by atoms with van der Waals surface area (Å²) in [4.78, 5) is 13.6. The minimum absolute atomic E-state index is 0.131. The van der Waals surface area contributed by atoms with E-state index in [2.05, 4.69) is 18.8 Å². The summed E-state index contributed by atoms with van der Waals surface area (Å²) in [5, 5.41) is 3.23. The number of nitrogens with zero attached hydrogens (tertiary/aromatic N) is 1. The summed E-state index contributed by atoms with van der Waals surface area (Å²) in [7, 11) is 0. The van der Waals surface area contributed by atoms with Crippen LogP contribution in [0.15, 0.2) is 24.0 Å². The van der Waals surface area contributed by atoms with Crippen LogP contribution in [-0.2, 0) is 4.79 Å². The number of rotatable bonds is 4. The Morgan fingerprint density at radius 2 is 2.40 bits per heavy atom. The first-order valence-electron chi connectivity index (χ1n) is 5.54. The van der Waals surface area contributed by atoms with Crippen LogP contribution < -0.4 is 5.32 Å². The fraction of sp³-hybridized carbons (Fsp3) is 0.583. The summed E-state index contributed by atoms with van der Waals surface area (Å²) in [6.45, 7) is 10.2. The van der Waals surface area contributed by atoms with E-state index in [4.69, 9.17) is 0 Å². The van der Waals surface area contributed by atoms with Crippen LogP contribution in [0, 0.1) is 0 Å². The second kappa shape index (κ2) is 5.71. The number of unbranched alkanes of at least 4 members (excludes halogenated alkanes) is 1. The van der Waals surface area contributed by atoms with Crippen LogP contribution >= 0.6 is 0 Å². The predicted molar refractivity (Wildman–Crippen MR) is 62.4 cm³/mol. The zero-order valence-electron chi connectivity index (χ0n) is 9.68. The van der Waals surface area contributed by atoms with Crippen LogP contribution in [0.2, 0.25) is 0 Å². The largest absolute Gasteiger partial charge is 0.341 e. The summed E-state index contributed by atoms with van der Waals surface area (Å²) in [5.74, 6) is 0.131. The molecule has 84 valence electrons. The minimum atomic E-state index is 0.131. The van der Waals surface area contributed by atoms with Gasteiger partial charge in [-0.1, -0.05) is 26.0 Å². The molecule has 0 aliphatic carbocycles. The number of hydrogen-bond donors (Lipinski definition) is 1. The first-order chi connectivity index (χ1) is 7.16. The molecule has 1 saturated heterocycles. The molecule has 1 rings (SSSR count). The lowest BCUT2D eigenvalue weighted by Crippen LogP contribution is -2.42. The van der Waals surface area contributed by atoms with Crippen molar-refractivity contribution < 1.29 is 4.79 Å². The van der Waals surface area contributed by atoms with Crippen molar-refractivity contribution >= 4 is 5.78 Å². The summed E-state index contributed by atoms with van der Waals surface area (Å²) >= 11 is 0. The van der Waals surface area contributed by atoms with Gasteiger partial charge in [0.15, 0.2) is 5.78 Å². The molecule has 1 heterocycles. The topological polar surface area (TPSA) is 32.3 Å². The SMILES string of the molecule is C=C1CNCCN1/C(=C\CCC)C(C)=O. The summed E-state index contributed by atoms with van der Waals surface area (Å²) in [6, 6.07) is 0. The zero-order chi connectivity index (χ0) is 11.3. The molecule has 0 radical (unpaired) electrons. The molecule has 0 spiro atoms. The van der Waals surface area contributed by atoms with Gasteiger partial charge < -0.3 is 10.2 Å². The van der Waals surface area contributed by atoms with Crippen LogP contribution in [0.25, 0.3) is 0 Å². The second-order valence-electron chi connectivity index (χ2n) is 3.83. The number of Topliss-reactive ketones (excluding diaryl/α,β-unsaturated/α-hetero) is 1. The van der Waals surface area contributed by atoms with Gasteiger partial charge in [0.2, 0.25) is 0 Å². The molecular formula is C12H20N2O. The van der Waals surface area contributed by atoms with E-state index in [1.807, 2.05) is 11.0 Å². The molecule has 1 N–H and O–H groups in total. The third-order valence-electron chi connectivity index (χ3n) is 2.50. The van der Waals surface area contributed by atoms with Gasteiger partial charge in [-0.25, -0.2) is 0 Å². The maximum Gasteiger partial charge on any atom is 0.175 e. The Hall–Kier alpha value is -1.09. The van der Waals surface area contributed by atoms with E-state index in [9.17, 15) is 4.79 Å². The smallest absolute Gasteiger partial charge is 0.175 e. The lowest BCUT2D eigenvalue weighted by atomic mass is 10.1. The van der Waals surface area contributed by atoms with Crippen molar-refractivity contribution in [3.63, 3.8) is 0 Å². The Labute approximate surface area is 91.8 Å². The molecule has 0 aromatic rings. The molecule has 0 bridgehead atoms. The van der Waals surface area contributed by atoms with Gasteiger partial charge in [-0.05, 0) is 6.42 Å². The van der Waals surface area contributed by atoms with Gasteiger partial charge in [-0.3, -0.25) is 4.79 Å². The van der Waals surface area contributed by atoms with Gasteiger partial charge >= 0.3 is 0 Å². The number of nitrogens with one attached hydrogen (secondary N) is 1. The fourth-order valence-electron chi connectivity index (χ4n) is 1.69. The first-order valence-corrected chi connectivity index (χ1v) is 5.54. The average Bonchev–Trinajstić information content (AvgIpc) is 2.20. The quantitative estimate of drug-likeness (QED) is 0.713. The third-order valence-corrected chi connectivity index (χ3v) is 2.50. The summed E-state index contributed by atoms with van der Waals surface area (Å²) < 4.78 is 0. The lowest BCUT2D eigenvalue weighted by molar-refractivity contribution is -0.114. The molecule has 0 unspecified atom stereocenters. The second-order valence-corrected chi connectivity index (χ2v) is 3.83. The molecule has 1 aliphatic heterocycles. The van der Waals surface area contributed by atoms with E-state index >= 15 is 0 Å². The van der Waals surface area contributed by atoms with Crippen LogP contribution in [0.4, 0.5) is 0 Å². The van der Waals surface area contributed by atoms with Crippen molar-refractivity contribution in [3.05, 3.63) is 24.0 Å². The monoisotopic (exact) mass is 208 g/mol. The molecule has 0 saturated carbocycles. The molecular weight excluding hydrogens is 188 g/mol. The summed E-state index contributed by atoms with van der Waals surface area (Å²) in [6.07, 6.45) is 4.04. The fourth-order valence-corrected chi connectivity index (χ4v) is 1.69. The van der Waals surface area contributed by atoms with Gasteiger partial charge in [0.05, 0.1) is 5.70 Å². The number of hydrogen-bond acceptors (Lipinski definition) is 3. The van der Waals surface area contributed by atoms with E-state index in [0.717, 1.165) is 43.9 Å². The minimum Gasteiger partial charge on any atom is -0.341 e. The van der Waals surface area contributed by atoms with Crippen molar-refractivity contribution in [2.75, 3.05) is 19.6 Å². The maximum atomic E-state index is 11.5. The highest BCUT2D eigenvalue weighted by Gasteiger charge is 2.18. The van der Waals surface area contributed by atoms with E-state index in [0.29, 0.717) is 0 Å². The molecule has 0 amide bonds. The van der Waals surface area contributed by atoms with Crippen LogP contribution in [-0.4, -0.2) is 30.3 Å².